The Labute approximate surface area is 124 Å². The monoisotopic (exact) mass is 285 g/mol. The van der Waals surface area contributed by atoms with Crippen LogP contribution in [0.4, 0.5) is 11.5 Å². The van der Waals surface area contributed by atoms with Crippen LogP contribution in [-0.4, -0.2) is 9.91 Å². The van der Waals surface area contributed by atoms with Crippen LogP contribution in [0.25, 0.3) is 0 Å². The third-order valence-electron chi connectivity index (χ3n) is 3.37. The van der Waals surface area contributed by atoms with Crippen molar-refractivity contribution >= 4 is 11.5 Å². The van der Waals surface area contributed by atoms with Gasteiger partial charge in [-0.25, -0.2) is 4.98 Å². The van der Waals surface area contributed by atoms with Gasteiger partial charge >= 0.3 is 0 Å². The zero-order chi connectivity index (χ0) is 15.4. The minimum atomic E-state index is -0.420. The average molecular weight is 285 g/mol. The maximum atomic E-state index is 10.7. The van der Waals surface area contributed by atoms with Crippen LogP contribution in [0.15, 0.2) is 36.4 Å². The van der Waals surface area contributed by atoms with Crippen LogP contribution in [0, 0.1) is 17.0 Å². The van der Waals surface area contributed by atoms with Gasteiger partial charge in [-0.15, -0.1) is 0 Å². The van der Waals surface area contributed by atoms with Gasteiger partial charge < -0.3 is 5.32 Å². The molecule has 0 aliphatic heterocycles. The summed E-state index contributed by atoms with van der Waals surface area (Å²) in [6.45, 7) is 6.61. The minimum absolute atomic E-state index is 0.0434. The summed E-state index contributed by atoms with van der Waals surface area (Å²) in [6, 6.07) is 11.5. The van der Waals surface area contributed by atoms with Crippen LogP contribution in [0.5, 0.6) is 0 Å². The van der Waals surface area contributed by atoms with E-state index in [1.54, 1.807) is 13.0 Å². The molecule has 1 N–H and O–H groups in total. The van der Waals surface area contributed by atoms with E-state index >= 15 is 0 Å². The highest BCUT2D eigenvalue weighted by atomic mass is 16.6. The second-order valence-corrected chi connectivity index (χ2v) is 5.31. The molecule has 0 fully saturated rings. The Hall–Kier alpha value is -2.43. The number of anilines is 1. The Morgan fingerprint density at radius 2 is 1.86 bits per heavy atom. The van der Waals surface area contributed by atoms with Crippen LogP contribution < -0.4 is 5.32 Å². The van der Waals surface area contributed by atoms with Gasteiger partial charge in [-0.2, -0.15) is 0 Å². The van der Waals surface area contributed by atoms with E-state index in [0.717, 1.165) is 5.56 Å². The minimum Gasteiger partial charge on any atom is -0.366 e. The highest BCUT2D eigenvalue weighted by Gasteiger charge is 2.11. The number of pyridine rings is 1. The normalized spacial score (nSPS) is 10.7. The smallest absolute Gasteiger partial charge is 0.290 e. The predicted molar refractivity (Wildman–Crippen MR) is 83.5 cm³/mol. The van der Waals surface area contributed by atoms with E-state index < -0.39 is 4.92 Å². The van der Waals surface area contributed by atoms with E-state index in [2.05, 4.69) is 48.4 Å². The van der Waals surface area contributed by atoms with Crippen LogP contribution in [0.2, 0.25) is 0 Å². The lowest BCUT2D eigenvalue weighted by molar-refractivity contribution is -0.385. The van der Waals surface area contributed by atoms with E-state index in [9.17, 15) is 10.1 Å². The molecule has 5 heteroatoms. The molecule has 0 bridgehead atoms. The quantitative estimate of drug-likeness (QED) is 0.665. The number of benzene rings is 1. The van der Waals surface area contributed by atoms with Gasteiger partial charge in [0.15, 0.2) is 0 Å². The molecule has 0 unspecified atom stereocenters. The van der Waals surface area contributed by atoms with Crippen molar-refractivity contribution in [3.05, 3.63) is 63.3 Å². The summed E-state index contributed by atoms with van der Waals surface area (Å²) < 4.78 is 0. The molecule has 1 heterocycles. The summed E-state index contributed by atoms with van der Waals surface area (Å²) in [5.41, 5.74) is 2.92. The predicted octanol–water partition coefficient (Wildman–Crippen LogP) is 4.03. The molecule has 0 spiro atoms. The summed E-state index contributed by atoms with van der Waals surface area (Å²) in [5.74, 6) is 1.16. The van der Waals surface area contributed by atoms with Crippen LogP contribution in [0.3, 0.4) is 0 Å². The first-order valence-corrected chi connectivity index (χ1v) is 6.92. The molecule has 1 aromatic carbocycles. The van der Waals surface area contributed by atoms with E-state index in [1.807, 2.05) is 0 Å². The standard InChI is InChI=1S/C16H19N3O2/c1-11(2)14-6-4-13(5-7-14)10-17-16-9-8-15(19(20)21)12(3)18-16/h4-9,11H,10H2,1-3H3,(H,17,18). The molecule has 1 aromatic heterocycles. The number of aryl methyl sites for hydroxylation is 1. The summed E-state index contributed by atoms with van der Waals surface area (Å²) in [6.07, 6.45) is 0. The molecule has 0 radical (unpaired) electrons. The Morgan fingerprint density at radius 1 is 1.19 bits per heavy atom. The summed E-state index contributed by atoms with van der Waals surface area (Å²) in [7, 11) is 0. The maximum absolute atomic E-state index is 10.7. The second kappa shape index (κ2) is 6.35. The number of rotatable bonds is 5. The van der Waals surface area contributed by atoms with Gasteiger partial charge in [-0.1, -0.05) is 38.1 Å². The van der Waals surface area contributed by atoms with Crippen molar-refractivity contribution in [2.45, 2.75) is 33.2 Å². The SMILES string of the molecule is Cc1nc(NCc2ccc(C(C)C)cc2)ccc1[N+](=O)[O-]. The van der Waals surface area contributed by atoms with Gasteiger partial charge in [0, 0.05) is 12.6 Å². The van der Waals surface area contributed by atoms with Crippen molar-refractivity contribution in [3.63, 3.8) is 0 Å². The van der Waals surface area contributed by atoms with Crippen LogP contribution in [-0.2, 0) is 6.54 Å². The molecule has 21 heavy (non-hydrogen) atoms. The third kappa shape index (κ3) is 3.78. The lowest BCUT2D eigenvalue weighted by Crippen LogP contribution is -2.03. The van der Waals surface area contributed by atoms with Crippen molar-refractivity contribution in [3.8, 4) is 0 Å². The number of hydrogen-bond donors (Lipinski definition) is 1. The summed E-state index contributed by atoms with van der Waals surface area (Å²) in [5, 5.41) is 13.9. The first kappa shape index (κ1) is 15.0. The second-order valence-electron chi connectivity index (χ2n) is 5.31. The van der Waals surface area contributed by atoms with E-state index in [0.29, 0.717) is 24.0 Å². The van der Waals surface area contributed by atoms with Gasteiger partial charge in [0.1, 0.15) is 11.5 Å². The molecule has 0 saturated carbocycles. The molecule has 0 aliphatic rings. The van der Waals surface area contributed by atoms with Crippen molar-refractivity contribution < 1.29 is 4.92 Å². The Bertz CT molecular complexity index is 636. The molecule has 0 amide bonds. The summed E-state index contributed by atoms with van der Waals surface area (Å²) >= 11 is 0. The molecule has 5 nitrogen and oxygen atoms in total. The van der Waals surface area contributed by atoms with E-state index in [4.69, 9.17) is 0 Å². The zero-order valence-electron chi connectivity index (χ0n) is 12.5. The first-order valence-electron chi connectivity index (χ1n) is 6.92. The highest BCUT2D eigenvalue weighted by molar-refractivity contribution is 5.45. The molecular weight excluding hydrogens is 266 g/mol. The van der Waals surface area contributed by atoms with Crippen molar-refractivity contribution in [1.82, 2.24) is 4.98 Å². The topological polar surface area (TPSA) is 68.1 Å². The van der Waals surface area contributed by atoms with Gasteiger partial charge in [-0.05, 0) is 30.0 Å². The van der Waals surface area contributed by atoms with Gasteiger partial charge in [0.25, 0.3) is 5.69 Å². The average Bonchev–Trinajstić information content (AvgIpc) is 2.45. The molecule has 110 valence electrons. The number of hydrogen-bond acceptors (Lipinski definition) is 4. The number of nitrogens with one attached hydrogen (secondary N) is 1. The molecular formula is C16H19N3O2. The molecule has 0 saturated heterocycles. The fraction of sp³-hybridized carbons (Fsp3) is 0.312. The Kier molecular flexibility index (Phi) is 4.52. The van der Waals surface area contributed by atoms with Crippen molar-refractivity contribution in [1.29, 1.82) is 0 Å². The molecule has 2 rings (SSSR count). The van der Waals surface area contributed by atoms with Crippen LogP contribution >= 0.6 is 0 Å². The Balaban J connectivity index is 2.03. The number of nitrogens with zero attached hydrogens (tertiary/aromatic N) is 2. The van der Waals surface area contributed by atoms with E-state index in [-0.39, 0.29) is 5.69 Å². The largest absolute Gasteiger partial charge is 0.366 e. The lowest BCUT2D eigenvalue weighted by Gasteiger charge is -2.09. The van der Waals surface area contributed by atoms with Crippen molar-refractivity contribution in [2.75, 3.05) is 5.32 Å². The molecule has 0 atom stereocenters. The van der Waals surface area contributed by atoms with Crippen molar-refractivity contribution in [2.24, 2.45) is 0 Å². The lowest BCUT2D eigenvalue weighted by atomic mass is 10.0. The zero-order valence-corrected chi connectivity index (χ0v) is 12.5. The van der Waals surface area contributed by atoms with Crippen LogP contribution in [0.1, 0.15) is 36.6 Å². The number of nitro groups is 1. The third-order valence-corrected chi connectivity index (χ3v) is 3.37. The molecule has 2 aromatic rings. The molecule has 0 aliphatic carbocycles. The van der Waals surface area contributed by atoms with Gasteiger partial charge in [0.2, 0.25) is 0 Å². The first-order chi connectivity index (χ1) is 9.97. The van der Waals surface area contributed by atoms with Gasteiger partial charge in [0.05, 0.1) is 4.92 Å². The highest BCUT2D eigenvalue weighted by Crippen LogP contribution is 2.19. The number of aromatic nitrogens is 1. The maximum Gasteiger partial charge on any atom is 0.290 e. The van der Waals surface area contributed by atoms with E-state index in [1.165, 1.54) is 11.6 Å². The van der Waals surface area contributed by atoms with Gasteiger partial charge in [-0.3, -0.25) is 10.1 Å². The fourth-order valence-electron chi connectivity index (χ4n) is 2.06. The Morgan fingerprint density at radius 3 is 2.38 bits per heavy atom. The fourth-order valence-corrected chi connectivity index (χ4v) is 2.06. The summed E-state index contributed by atoms with van der Waals surface area (Å²) in [4.78, 5) is 14.5.